The third kappa shape index (κ3) is 4.01. The third-order valence-corrected chi connectivity index (χ3v) is 6.01. The van der Waals surface area contributed by atoms with Crippen molar-refractivity contribution in [3.8, 4) is 22.1 Å². The Kier molecular flexibility index (Phi) is 5.45. The van der Waals surface area contributed by atoms with Gasteiger partial charge in [-0.15, -0.1) is 11.3 Å². The molecule has 1 aliphatic heterocycles. The van der Waals surface area contributed by atoms with Crippen molar-refractivity contribution in [2.45, 2.75) is 38.3 Å². The maximum atomic E-state index is 10.1. The number of phenolic OH excluding ortho intramolecular Hbond substituents is 1. The lowest BCUT2D eigenvalue weighted by atomic mass is 10.1. The fourth-order valence-corrected chi connectivity index (χ4v) is 4.41. The van der Waals surface area contributed by atoms with Crippen molar-refractivity contribution in [3.63, 3.8) is 0 Å². The first-order chi connectivity index (χ1) is 13.2. The Morgan fingerprint density at radius 1 is 1.26 bits per heavy atom. The maximum Gasteiger partial charge on any atom is 0.177 e. The molecule has 6 heteroatoms. The zero-order chi connectivity index (χ0) is 18.6. The van der Waals surface area contributed by atoms with E-state index < -0.39 is 0 Å². The molecule has 5 nitrogen and oxygen atoms in total. The minimum atomic E-state index is 0.183. The zero-order valence-electron chi connectivity index (χ0n) is 15.4. The molecule has 0 amide bonds. The molecule has 1 unspecified atom stereocenters. The SMILES string of the molecule is COc1ccc(CN2CCCCCC2c2cc(-c3cccs3)on2)cc1O. The number of thiophene rings is 1. The zero-order valence-corrected chi connectivity index (χ0v) is 16.2. The summed E-state index contributed by atoms with van der Waals surface area (Å²) in [4.78, 5) is 3.55. The largest absolute Gasteiger partial charge is 0.504 e. The summed E-state index contributed by atoms with van der Waals surface area (Å²) in [7, 11) is 1.56. The number of rotatable bonds is 5. The quantitative estimate of drug-likeness (QED) is 0.652. The molecule has 1 fully saturated rings. The van der Waals surface area contributed by atoms with Gasteiger partial charge in [0, 0.05) is 12.6 Å². The molecule has 1 aliphatic rings. The summed E-state index contributed by atoms with van der Waals surface area (Å²) in [6.45, 7) is 1.78. The van der Waals surface area contributed by atoms with Gasteiger partial charge in [0.15, 0.2) is 17.3 Å². The lowest BCUT2D eigenvalue weighted by molar-refractivity contribution is 0.184. The highest BCUT2D eigenvalue weighted by Crippen LogP contribution is 2.35. The average molecular weight is 385 g/mol. The van der Waals surface area contributed by atoms with Crippen LogP contribution >= 0.6 is 11.3 Å². The molecule has 0 spiro atoms. The lowest BCUT2D eigenvalue weighted by Gasteiger charge is -2.28. The summed E-state index contributed by atoms with van der Waals surface area (Å²) in [6.07, 6.45) is 4.67. The molecule has 1 N–H and O–H groups in total. The highest BCUT2D eigenvalue weighted by molar-refractivity contribution is 7.13. The van der Waals surface area contributed by atoms with Crippen LogP contribution in [0, 0.1) is 0 Å². The average Bonchev–Trinajstić information content (AvgIpc) is 3.32. The lowest BCUT2D eigenvalue weighted by Crippen LogP contribution is -2.28. The molecule has 0 saturated carbocycles. The van der Waals surface area contributed by atoms with Gasteiger partial charge in [0.2, 0.25) is 0 Å². The van der Waals surface area contributed by atoms with Crippen LogP contribution in [0.1, 0.15) is 43.0 Å². The van der Waals surface area contributed by atoms with Crippen molar-refractivity contribution < 1.29 is 14.4 Å². The summed E-state index contributed by atoms with van der Waals surface area (Å²) < 4.78 is 10.8. The van der Waals surface area contributed by atoms with E-state index in [1.165, 1.54) is 19.3 Å². The van der Waals surface area contributed by atoms with Crippen molar-refractivity contribution in [3.05, 3.63) is 53.0 Å². The van der Waals surface area contributed by atoms with E-state index in [0.29, 0.717) is 5.75 Å². The fraction of sp³-hybridized carbons (Fsp3) is 0.381. The molecule has 4 rings (SSSR count). The molecule has 142 valence electrons. The Morgan fingerprint density at radius 3 is 2.96 bits per heavy atom. The first-order valence-electron chi connectivity index (χ1n) is 9.35. The van der Waals surface area contributed by atoms with Crippen LogP contribution in [0.5, 0.6) is 11.5 Å². The van der Waals surface area contributed by atoms with E-state index in [9.17, 15) is 5.11 Å². The Balaban J connectivity index is 1.57. The van der Waals surface area contributed by atoms with Gasteiger partial charge in [-0.3, -0.25) is 4.90 Å². The van der Waals surface area contributed by atoms with E-state index in [0.717, 1.165) is 41.4 Å². The van der Waals surface area contributed by atoms with Gasteiger partial charge < -0.3 is 14.4 Å². The smallest absolute Gasteiger partial charge is 0.177 e. The number of ether oxygens (including phenoxy) is 1. The van der Waals surface area contributed by atoms with Crippen LogP contribution in [0.4, 0.5) is 0 Å². The van der Waals surface area contributed by atoms with Crippen molar-refractivity contribution >= 4 is 11.3 Å². The predicted octanol–water partition coefficient (Wildman–Crippen LogP) is 5.23. The number of nitrogens with zero attached hydrogens (tertiary/aromatic N) is 2. The summed E-state index contributed by atoms with van der Waals surface area (Å²) >= 11 is 1.66. The monoisotopic (exact) mass is 384 g/mol. The van der Waals surface area contributed by atoms with Crippen molar-refractivity contribution in [1.29, 1.82) is 0 Å². The fourth-order valence-electron chi connectivity index (χ4n) is 3.74. The van der Waals surface area contributed by atoms with Gasteiger partial charge in [-0.05, 0) is 48.5 Å². The van der Waals surface area contributed by atoms with E-state index in [4.69, 9.17) is 9.26 Å². The molecular formula is C21H24N2O3S. The van der Waals surface area contributed by atoms with Crippen LogP contribution < -0.4 is 4.74 Å². The van der Waals surface area contributed by atoms with Crippen LogP contribution in [0.15, 0.2) is 46.3 Å². The van der Waals surface area contributed by atoms with Crippen LogP contribution in [-0.2, 0) is 6.54 Å². The second-order valence-corrected chi connectivity index (χ2v) is 7.88. The molecule has 1 aromatic carbocycles. The molecule has 2 aromatic heterocycles. The topological polar surface area (TPSA) is 58.7 Å². The van der Waals surface area contributed by atoms with Gasteiger partial charge in [0.25, 0.3) is 0 Å². The highest BCUT2D eigenvalue weighted by atomic mass is 32.1. The molecule has 3 heterocycles. The van der Waals surface area contributed by atoms with Crippen molar-refractivity contribution in [2.75, 3.05) is 13.7 Å². The van der Waals surface area contributed by atoms with E-state index >= 15 is 0 Å². The first-order valence-corrected chi connectivity index (χ1v) is 10.2. The van der Waals surface area contributed by atoms with Gasteiger partial charge in [0.1, 0.15) is 5.69 Å². The summed E-state index contributed by atoms with van der Waals surface area (Å²) in [6, 6.07) is 12.0. The maximum absolute atomic E-state index is 10.1. The minimum Gasteiger partial charge on any atom is -0.504 e. The van der Waals surface area contributed by atoms with Crippen LogP contribution in [-0.4, -0.2) is 28.8 Å². The minimum absolute atomic E-state index is 0.183. The predicted molar refractivity (Wildman–Crippen MR) is 106 cm³/mol. The van der Waals surface area contributed by atoms with Gasteiger partial charge >= 0.3 is 0 Å². The van der Waals surface area contributed by atoms with E-state index in [1.54, 1.807) is 24.5 Å². The van der Waals surface area contributed by atoms with E-state index in [2.05, 4.69) is 22.2 Å². The van der Waals surface area contributed by atoms with Gasteiger partial charge in [0.05, 0.1) is 18.0 Å². The third-order valence-electron chi connectivity index (χ3n) is 5.13. The number of benzene rings is 1. The molecule has 3 aromatic rings. The second-order valence-electron chi connectivity index (χ2n) is 6.94. The van der Waals surface area contributed by atoms with E-state index in [-0.39, 0.29) is 11.8 Å². The Morgan fingerprint density at radius 2 is 2.19 bits per heavy atom. The molecule has 1 saturated heterocycles. The van der Waals surface area contributed by atoms with Crippen molar-refractivity contribution in [1.82, 2.24) is 10.1 Å². The number of methoxy groups -OCH3 is 1. The molecule has 0 radical (unpaired) electrons. The number of aromatic hydroxyl groups is 1. The Bertz CT molecular complexity index is 875. The Hall–Kier alpha value is -2.31. The second kappa shape index (κ2) is 8.15. The standard InChI is InChI=1S/C21H24N2O3S/c1-25-19-9-8-15(12-18(19)24)14-23-10-4-2-3-6-17(23)16-13-20(26-22-16)21-7-5-11-27-21/h5,7-9,11-13,17,24H,2-4,6,10,14H2,1H3. The van der Waals surface area contributed by atoms with E-state index in [1.807, 2.05) is 23.6 Å². The molecule has 0 aliphatic carbocycles. The number of phenols is 1. The molecule has 27 heavy (non-hydrogen) atoms. The van der Waals surface area contributed by atoms with Gasteiger partial charge in [-0.25, -0.2) is 0 Å². The number of hydrogen-bond donors (Lipinski definition) is 1. The Labute approximate surface area is 163 Å². The highest BCUT2D eigenvalue weighted by Gasteiger charge is 2.26. The molecular weight excluding hydrogens is 360 g/mol. The molecule has 1 atom stereocenters. The van der Waals surface area contributed by atoms with Crippen LogP contribution in [0.3, 0.4) is 0 Å². The van der Waals surface area contributed by atoms with Gasteiger partial charge in [-0.1, -0.05) is 30.1 Å². The summed E-state index contributed by atoms with van der Waals surface area (Å²) in [5.41, 5.74) is 2.07. The number of likely N-dealkylation sites (tertiary alicyclic amines) is 1. The number of hydrogen-bond acceptors (Lipinski definition) is 6. The molecule has 0 bridgehead atoms. The normalized spacial score (nSPS) is 18.3. The van der Waals surface area contributed by atoms with Crippen molar-refractivity contribution in [2.24, 2.45) is 0 Å². The first kappa shape index (κ1) is 18.1. The summed E-state index contributed by atoms with van der Waals surface area (Å²) in [5, 5.41) is 16.5. The number of aromatic nitrogens is 1. The van der Waals surface area contributed by atoms with Crippen LogP contribution in [0.2, 0.25) is 0 Å². The van der Waals surface area contributed by atoms with Crippen LogP contribution in [0.25, 0.3) is 10.6 Å². The summed E-state index contributed by atoms with van der Waals surface area (Å²) in [5.74, 6) is 1.53. The van der Waals surface area contributed by atoms with Gasteiger partial charge in [-0.2, -0.15) is 0 Å².